The topological polar surface area (TPSA) is 62.8 Å². The van der Waals surface area contributed by atoms with Crippen LogP contribution in [0.25, 0.3) is 11.0 Å². The third-order valence-electron chi connectivity index (χ3n) is 3.78. The zero-order chi connectivity index (χ0) is 17.1. The van der Waals surface area contributed by atoms with Crippen molar-refractivity contribution in [3.05, 3.63) is 77.7 Å². The summed E-state index contributed by atoms with van der Waals surface area (Å²) in [4.78, 5) is 11.6. The highest BCUT2D eigenvalue weighted by Crippen LogP contribution is 2.30. The molecule has 0 amide bonds. The predicted octanol–water partition coefficient (Wildman–Crippen LogP) is 4.93. The maximum absolute atomic E-state index is 6.35. The average Bonchev–Trinajstić information content (AvgIpc) is 3.12. The fourth-order valence-electron chi connectivity index (χ4n) is 2.53. The molecule has 0 saturated carbocycles. The van der Waals surface area contributed by atoms with E-state index in [-0.39, 0.29) is 0 Å². The number of benzene rings is 2. The Bertz CT molecular complexity index is 1000. The van der Waals surface area contributed by atoms with Gasteiger partial charge in [-0.15, -0.1) is 0 Å². The Kier molecular flexibility index (Phi) is 4.23. The summed E-state index contributed by atoms with van der Waals surface area (Å²) in [5, 5.41) is 3.79. The van der Waals surface area contributed by atoms with Crippen molar-refractivity contribution in [2.75, 3.05) is 5.32 Å². The number of rotatable bonds is 5. The lowest BCUT2D eigenvalue weighted by atomic mass is 10.2. The van der Waals surface area contributed by atoms with Gasteiger partial charge in [0, 0.05) is 11.9 Å². The molecule has 0 aliphatic heterocycles. The fraction of sp³-hybridized carbons (Fsp3) is 0.0526. The summed E-state index contributed by atoms with van der Waals surface area (Å²) in [5.41, 5.74) is 3.62. The molecule has 0 fully saturated rings. The lowest BCUT2D eigenvalue weighted by molar-refractivity contribution is 0.306. The number of H-pyrrole nitrogens is 1. The number of nitrogens with one attached hydrogen (secondary N) is 2. The van der Waals surface area contributed by atoms with E-state index in [0.717, 1.165) is 22.3 Å². The number of aromatic amines is 1. The first-order chi connectivity index (χ1) is 12.3. The molecule has 4 aromatic rings. The Hall–Kier alpha value is -3.05. The first-order valence-corrected chi connectivity index (χ1v) is 8.19. The summed E-state index contributed by atoms with van der Waals surface area (Å²) >= 11 is 6.35. The van der Waals surface area contributed by atoms with Gasteiger partial charge in [0.2, 0.25) is 0 Å². The van der Waals surface area contributed by atoms with E-state index in [2.05, 4.69) is 20.3 Å². The van der Waals surface area contributed by atoms with E-state index >= 15 is 0 Å². The van der Waals surface area contributed by atoms with Crippen LogP contribution in [0.15, 0.2) is 67.1 Å². The largest absolute Gasteiger partial charge is 0.487 e. The Morgan fingerprint density at radius 2 is 1.92 bits per heavy atom. The number of ether oxygens (including phenoxy) is 1. The molecule has 0 radical (unpaired) electrons. The smallest absolute Gasteiger partial charge is 0.158 e. The van der Waals surface area contributed by atoms with E-state index in [0.29, 0.717) is 23.2 Å². The number of aromatic nitrogens is 3. The maximum Gasteiger partial charge on any atom is 0.158 e. The molecule has 124 valence electrons. The summed E-state index contributed by atoms with van der Waals surface area (Å²) in [6.45, 7) is 0.475. The molecule has 0 saturated heterocycles. The first-order valence-electron chi connectivity index (χ1n) is 7.81. The third-order valence-corrected chi connectivity index (χ3v) is 4.07. The monoisotopic (exact) mass is 350 g/mol. The second kappa shape index (κ2) is 6.83. The van der Waals surface area contributed by atoms with Gasteiger partial charge in [-0.1, -0.05) is 41.9 Å². The van der Waals surface area contributed by atoms with Crippen molar-refractivity contribution in [3.8, 4) is 5.75 Å². The number of fused-ring (bicyclic) bond motifs is 1. The highest BCUT2D eigenvalue weighted by atomic mass is 35.5. The molecular formula is C19H15ClN4O. The van der Waals surface area contributed by atoms with E-state index in [1.165, 1.54) is 6.33 Å². The van der Waals surface area contributed by atoms with Crippen molar-refractivity contribution < 1.29 is 4.74 Å². The molecule has 0 unspecified atom stereocenters. The fourth-order valence-corrected chi connectivity index (χ4v) is 2.77. The standard InChI is InChI=1S/C19H15ClN4O/c20-15-10-14(24-19-18-16(8-9-21-18)22-12-23-19)6-7-17(15)25-11-13-4-2-1-3-5-13/h1-10,12,21H,11H2,(H,22,23,24). The Labute approximate surface area is 149 Å². The highest BCUT2D eigenvalue weighted by Gasteiger charge is 2.08. The molecule has 2 heterocycles. The van der Waals surface area contributed by atoms with Crippen molar-refractivity contribution in [2.24, 2.45) is 0 Å². The van der Waals surface area contributed by atoms with Crippen LogP contribution in [0.1, 0.15) is 5.56 Å². The van der Waals surface area contributed by atoms with Crippen LogP contribution in [0.2, 0.25) is 5.02 Å². The maximum atomic E-state index is 6.35. The zero-order valence-electron chi connectivity index (χ0n) is 13.2. The van der Waals surface area contributed by atoms with Crippen LogP contribution < -0.4 is 10.1 Å². The van der Waals surface area contributed by atoms with Crippen LogP contribution in [0.3, 0.4) is 0 Å². The minimum Gasteiger partial charge on any atom is -0.487 e. The minimum atomic E-state index is 0.475. The molecule has 2 N–H and O–H groups in total. The number of halogens is 1. The molecular weight excluding hydrogens is 336 g/mol. The highest BCUT2D eigenvalue weighted by molar-refractivity contribution is 6.32. The van der Waals surface area contributed by atoms with Gasteiger partial charge in [0.15, 0.2) is 5.82 Å². The van der Waals surface area contributed by atoms with Gasteiger partial charge >= 0.3 is 0 Å². The molecule has 0 aliphatic carbocycles. The summed E-state index contributed by atoms with van der Waals surface area (Å²) in [7, 11) is 0. The van der Waals surface area contributed by atoms with Gasteiger partial charge in [0.1, 0.15) is 24.2 Å². The summed E-state index contributed by atoms with van der Waals surface area (Å²) in [6.07, 6.45) is 3.36. The molecule has 0 spiro atoms. The van der Waals surface area contributed by atoms with Gasteiger partial charge < -0.3 is 15.0 Å². The van der Waals surface area contributed by atoms with Crippen LogP contribution in [0, 0.1) is 0 Å². The normalized spacial score (nSPS) is 10.8. The van der Waals surface area contributed by atoms with Crippen molar-refractivity contribution in [1.29, 1.82) is 0 Å². The molecule has 6 heteroatoms. The SMILES string of the molecule is Clc1cc(Nc2ncnc3cc[nH]c23)ccc1OCc1ccccc1. The lowest BCUT2D eigenvalue weighted by Crippen LogP contribution is -1.98. The Morgan fingerprint density at radius 3 is 2.76 bits per heavy atom. The Morgan fingerprint density at radius 1 is 1.04 bits per heavy atom. The van der Waals surface area contributed by atoms with Crippen molar-refractivity contribution in [2.45, 2.75) is 6.61 Å². The quantitative estimate of drug-likeness (QED) is 0.535. The average molecular weight is 351 g/mol. The molecule has 2 aromatic carbocycles. The minimum absolute atomic E-state index is 0.475. The molecule has 25 heavy (non-hydrogen) atoms. The van der Waals surface area contributed by atoms with Gasteiger partial charge in [-0.25, -0.2) is 9.97 Å². The number of nitrogens with zero attached hydrogens (tertiary/aromatic N) is 2. The lowest BCUT2D eigenvalue weighted by Gasteiger charge is -2.11. The van der Waals surface area contributed by atoms with Gasteiger partial charge in [-0.3, -0.25) is 0 Å². The molecule has 5 nitrogen and oxygen atoms in total. The molecule has 2 aromatic heterocycles. The third kappa shape index (κ3) is 3.41. The van der Waals surface area contributed by atoms with Crippen LogP contribution >= 0.6 is 11.6 Å². The van der Waals surface area contributed by atoms with E-state index in [1.54, 1.807) is 0 Å². The summed E-state index contributed by atoms with van der Waals surface area (Å²) in [5.74, 6) is 1.34. The van der Waals surface area contributed by atoms with Crippen LogP contribution in [-0.2, 0) is 6.61 Å². The van der Waals surface area contributed by atoms with Crippen molar-refractivity contribution in [3.63, 3.8) is 0 Å². The first kappa shape index (κ1) is 15.5. The number of anilines is 2. The van der Waals surface area contributed by atoms with E-state index in [4.69, 9.17) is 16.3 Å². The molecule has 4 rings (SSSR count). The van der Waals surface area contributed by atoms with Crippen LogP contribution in [-0.4, -0.2) is 15.0 Å². The molecule has 0 atom stereocenters. The van der Waals surface area contributed by atoms with Crippen molar-refractivity contribution >= 4 is 34.1 Å². The number of hydrogen-bond acceptors (Lipinski definition) is 4. The molecule has 0 bridgehead atoms. The van der Waals surface area contributed by atoms with Gasteiger partial charge in [-0.05, 0) is 29.8 Å². The zero-order valence-corrected chi connectivity index (χ0v) is 14.0. The predicted molar refractivity (Wildman–Crippen MR) is 99.4 cm³/mol. The van der Waals surface area contributed by atoms with Gasteiger partial charge in [0.25, 0.3) is 0 Å². The summed E-state index contributed by atoms with van der Waals surface area (Å²) < 4.78 is 5.79. The van der Waals surface area contributed by atoms with Crippen LogP contribution in [0.4, 0.5) is 11.5 Å². The van der Waals surface area contributed by atoms with Gasteiger partial charge in [0.05, 0.1) is 10.5 Å². The number of hydrogen-bond donors (Lipinski definition) is 2. The second-order valence-corrected chi connectivity index (χ2v) is 5.91. The van der Waals surface area contributed by atoms with Gasteiger partial charge in [-0.2, -0.15) is 0 Å². The van der Waals surface area contributed by atoms with E-state index < -0.39 is 0 Å². The van der Waals surface area contributed by atoms with E-state index in [9.17, 15) is 0 Å². The second-order valence-electron chi connectivity index (χ2n) is 5.50. The summed E-state index contributed by atoms with van der Waals surface area (Å²) in [6, 6.07) is 17.4. The molecule has 0 aliphatic rings. The Balaban J connectivity index is 1.51. The van der Waals surface area contributed by atoms with E-state index in [1.807, 2.05) is 60.8 Å². The van der Waals surface area contributed by atoms with Crippen molar-refractivity contribution in [1.82, 2.24) is 15.0 Å². The van der Waals surface area contributed by atoms with Crippen LogP contribution in [0.5, 0.6) is 5.75 Å².